The van der Waals surface area contributed by atoms with Gasteiger partial charge in [-0.15, -0.1) is 0 Å². The number of rotatable bonds is 4. The number of nitrogens with one attached hydrogen (secondary N) is 2. The van der Waals surface area contributed by atoms with Crippen LogP contribution in [0.5, 0.6) is 0 Å². The van der Waals surface area contributed by atoms with Gasteiger partial charge < -0.3 is 14.7 Å². The first-order valence-electron chi connectivity index (χ1n) is 8.62. The molecule has 4 heterocycles. The zero-order valence-electron chi connectivity index (χ0n) is 15.4. The van der Waals surface area contributed by atoms with Gasteiger partial charge in [0.25, 0.3) is 0 Å². The van der Waals surface area contributed by atoms with E-state index in [0.29, 0.717) is 23.8 Å². The molecule has 0 atom stereocenters. The van der Waals surface area contributed by atoms with E-state index >= 15 is 0 Å². The number of aromatic nitrogens is 5. The molecule has 4 rings (SSSR count). The number of anilines is 1. The van der Waals surface area contributed by atoms with E-state index in [1.54, 1.807) is 23.3 Å². The lowest BCUT2D eigenvalue weighted by molar-refractivity contribution is -0.123. The molecule has 0 fully saturated rings. The molecule has 4 aromatic heterocycles. The fraction of sp³-hybridized carbons (Fsp3) is 0.263. The Bertz CT molecular complexity index is 1090. The lowest BCUT2D eigenvalue weighted by atomic mass is 9.95. The topological polar surface area (TPSA) is 102 Å². The number of carbonyl (C=O) groups excluding carboxylic acids is 1. The smallest absolute Gasteiger partial charge is 0.230 e. The zero-order chi connectivity index (χ0) is 19.0. The Morgan fingerprint density at radius 3 is 2.89 bits per heavy atom. The van der Waals surface area contributed by atoms with Crippen molar-refractivity contribution in [3.63, 3.8) is 0 Å². The molecule has 8 nitrogen and oxygen atoms in total. The quantitative estimate of drug-likeness (QED) is 0.577. The summed E-state index contributed by atoms with van der Waals surface area (Å²) in [4.78, 5) is 24.6. The molecule has 0 bridgehead atoms. The van der Waals surface area contributed by atoms with Crippen LogP contribution in [0, 0.1) is 5.41 Å². The molecule has 2 N–H and O–H groups in total. The van der Waals surface area contributed by atoms with Gasteiger partial charge in [0.1, 0.15) is 29.5 Å². The summed E-state index contributed by atoms with van der Waals surface area (Å²) in [5.41, 5.74) is 1.70. The van der Waals surface area contributed by atoms with Gasteiger partial charge in [0, 0.05) is 11.6 Å². The molecular weight excluding hydrogens is 344 g/mol. The Hall–Kier alpha value is -3.42. The molecule has 0 radical (unpaired) electrons. The second kappa shape index (κ2) is 6.39. The van der Waals surface area contributed by atoms with Crippen molar-refractivity contribution in [3.8, 4) is 11.4 Å². The van der Waals surface area contributed by atoms with Gasteiger partial charge in [-0.25, -0.2) is 14.6 Å². The maximum Gasteiger partial charge on any atom is 0.230 e. The maximum atomic E-state index is 12.4. The summed E-state index contributed by atoms with van der Waals surface area (Å²) in [7, 11) is 0. The summed E-state index contributed by atoms with van der Waals surface area (Å²) >= 11 is 0. The highest BCUT2D eigenvalue weighted by atomic mass is 16.3. The van der Waals surface area contributed by atoms with Crippen LogP contribution in [0.1, 0.15) is 26.5 Å². The van der Waals surface area contributed by atoms with E-state index in [0.717, 1.165) is 16.8 Å². The van der Waals surface area contributed by atoms with Crippen LogP contribution in [0.3, 0.4) is 0 Å². The van der Waals surface area contributed by atoms with Crippen molar-refractivity contribution < 1.29 is 9.21 Å². The maximum absolute atomic E-state index is 12.4. The van der Waals surface area contributed by atoms with E-state index in [1.807, 2.05) is 45.0 Å². The molecule has 0 aliphatic rings. The first-order chi connectivity index (χ1) is 12.9. The van der Waals surface area contributed by atoms with Crippen LogP contribution in [0.15, 0.2) is 47.3 Å². The first kappa shape index (κ1) is 17.0. The van der Waals surface area contributed by atoms with Crippen LogP contribution >= 0.6 is 0 Å². The number of imidazole rings is 1. The predicted molar refractivity (Wildman–Crippen MR) is 101 cm³/mol. The Kier molecular flexibility index (Phi) is 4.02. The van der Waals surface area contributed by atoms with Gasteiger partial charge in [-0.1, -0.05) is 20.8 Å². The SMILES string of the molecule is CC(C)(C)C(=O)Nc1ncccc1-c1nc2c(cnn2Cc2ccco2)[nH]1. The first-order valence-corrected chi connectivity index (χ1v) is 8.62. The van der Waals surface area contributed by atoms with E-state index in [9.17, 15) is 4.79 Å². The van der Waals surface area contributed by atoms with Crippen molar-refractivity contribution in [1.82, 2.24) is 24.7 Å². The van der Waals surface area contributed by atoms with Crippen LogP contribution in [-0.2, 0) is 11.3 Å². The van der Waals surface area contributed by atoms with Gasteiger partial charge in [-0.2, -0.15) is 5.10 Å². The highest BCUT2D eigenvalue weighted by Crippen LogP contribution is 2.27. The summed E-state index contributed by atoms with van der Waals surface area (Å²) in [6, 6.07) is 7.41. The molecule has 0 aliphatic carbocycles. The molecule has 0 aliphatic heterocycles. The van der Waals surface area contributed by atoms with Crippen LogP contribution in [0.4, 0.5) is 5.82 Å². The Morgan fingerprint density at radius 1 is 1.30 bits per heavy atom. The highest BCUT2D eigenvalue weighted by Gasteiger charge is 2.23. The minimum Gasteiger partial charge on any atom is -0.467 e. The minimum atomic E-state index is -0.522. The van der Waals surface area contributed by atoms with Gasteiger partial charge in [-0.05, 0) is 24.3 Å². The van der Waals surface area contributed by atoms with Crippen LogP contribution in [-0.4, -0.2) is 30.6 Å². The second-order valence-electron chi connectivity index (χ2n) is 7.31. The number of H-pyrrole nitrogens is 1. The van der Waals surface area contributed by atoms with Gasteiger partial charge in [0.05, 0.1) is 18.0 Å². The number of pyridine rings is 1. The molecular formula is C19H20N6O2. The van der Waals surface area contributed by atoms with Crippen LogP contribution in [0.2, 0.25) is 0 Å². The molecule has 4 aromatic rings. The number of fused-ring (bicyclic) bond motifs is 1. The molecule has 0 aromatic carbocycles. The highest BCUT2D eigenvalue weighted by molar-refractivity contribution is 5.96. The van der Waals surface area contributed by atoms with Crippen molar-refractivity contribution in [2.45, 2.75) is 27.3 Å². The number of furan rings is 1. The van der Waals surface area contributed by atoms with E-state index in [4.69, 9.17) is 4.42 Å². The molecule has 27 heavy (non-hydrogen) atoms. The third kappa shape index (κ3) is 3.33. The summed E-state index contributed by atoms with van der Waals surface area (Å²) in [5.74, 6) is 1.78. The molecule has 1 amide bonds. The number of carbonyl (C=O) groups is 1. The summed E-state index contributed by atoms with van der Waals surface area (Å²) in [6.07, 6.45) is 4.99. The largest absolute Gasteiger partial charge is 0.467 e. The zero-order valence-corrected chi connectivity index (χ0v) is 15.4. The van der Waals surface area contributed by atoms with Crippen LogP contribution < -0.4 is 5.32 Å². The number of hydrogen-bond donors (Lipinski definition) is 2. The lowest BCUT2D eigenvalue weighted by Crippen LogP contribution is -2.28. The normalized spacial score (nSPS) is 11.8. The van der Waals surface area contributed by atoms with E-state index < -0.39 is 5.41 Å². The molecule has 0 saturated heterocycles. The number of amides is 1. The van der Waals surface area contributed by atoms with Crippen molar-refractivity contribution in [2.75, 3.05) is 5.32 Å². The minimum absolute atomic E-state index is 0.109. The van der Waals surface area contributed by atoms with Gasteiger partial charge in [-0.3, -0.25) is 4.79 Å². The van der Waals surface area contributed by atoms with E-state index in [-0.39, 0.29) is 5.91 Å². The second-order valence-corrected chi connectivity index (χ2v) is 7.31. The van der Waals surface area contributed by atoms with Crippen molar-refractivity contribution in [3.05, 3.63) is 48.7 Å². The van der Waals surface area contributed by atoms with E-state index in [2.05, 4.69) is 25.4 Å². The van der Waals surface area contributed by atoms with Crippen molar-refractivity contribution >= 4 is 22.9 Å². The molecule has 0 unspecified atom stereocenters. The molecule has 0 spiro atoms. The summed E-state index contributed by atoms with van der Waals surface area (Å²) in [5, 5.41) is 7.23. The summed E-state index contributed by atoms with van der Waals surface area (Å²) in [6.45, 7) is 6.06. The van der Waals surface area contributed by atoms with Crippen molar-refractivity contribution in [1.29, 1.82) is 0 Å². The average molecular weight is 364 g/mol. The molecule has 138 valence electrons. The summed E-state index contributed by atoms with van der Waals surface area (Å²) < 4.78 is 7.15. The number of aromatic amines is 1. The van der Waals surface area contributed by atoms with Gasteiger partial charge >= 0.3 is 0 Å². The Balaban J connectivity index is 1.69. The standard InChI is InChI=1S/C19H20N6O2/c1-19(2,3)18(26)24-15-13(7-4-8-20-15)16-22-14-10-21-25(17(14)23-16)11-12-6-5-9-27-12/h4-10H,11H2,1-3H3,(H,22,23)(H,20,24,26). The predicted octanol–water partition coefficient (Wildman–Crippen LogP) is 3.45. The number of hydrogen-bond acceptors (Lipinski definition) is 5. The average Bonchev–Trinajstić information content (AvgIpc) is 3.34. The third-order valence-corrected chi connectivity index (χ3v) is 4.14. The number of nitrogens with zero attached hydrogens (tertiary/aromatic N) is 4. The Labute approximate surface area is 155 Å². The molecule has 8 heteroatoms. The monoisotopic (exact) mass is 364 g/mol. The third-order valence-electron chi connectivity index (χ3n) is 4.14. The van der Waals surface area contributed by atoms with Gasteiger partial charge in [0.2, 0.25) is 5.91 Å². The van der Waals surface area contributed by atoms with Gasteiger partial charge in [0.15, 0.2) is 5.65 Å². The fourth-order valence-electron chi connectivity index (χ4n) is 2.63. The van der Waals surface area contributed by atoms with Crippen LogP contribution in [0.25, 0.3) is 22.6 Å². The fourth-order valence-corrected chi connectivity index (χ4v) is 2.63. The Morgan fingerprint density at radius 2 is 2.15 bits per heavy atom. The molecule has 0 saturated carbocycles. The van der Waals surface area contributed by atoms with E-state index in [1.165, 1.54) is 0 Å². The lowest BCUT2D eigenvalue weighted by Gasteiger charge is -2.18. The van der Waals surface area contributed by atoms with Crippen molar-refractivity contribution in [2.24, 2.45) is 5.41 Å².